The third-order valence-corrected chi connectivity index (χ3v) is 3.72. The molecule has 1 heterocycles. The predicted molar refractivity (Wildman–Crippen MR) is 77.0 cm³/mol. The van der Waals surface area contributed by atoms with Gasteiger partial charge < -0.3 is 10.2 Å². The van der Waals surface area contributed by atoms with Crippen molar-refractivity contribution in [2.45, 2.75) is 38.6 Å². The molecule has 0 spiro atoms. The lowest BCUT2D eigenvalue weighted by molar-refractivity contribution is -0.126. The molecule has 1 aliphatic rings. The van der Waals surface area contributed by atoms with Gasteiger partial charge in [0.2, 0.25) is 5.91 Å². The van der Waals surface area contributed by atoms with Crippen LogP contribution < -0.4 is 10.2 Å². The third kappa shape index (κ3) is 3.69. The van der Waals surface area contributed by atoms with Crippen molar-refractivity contribution in [2.75, 3.05) is 19.0 Å². The molecule has 1 aromatic rings. The zero-order valence-corrected chi connectivity index (χ0v) is 11.9. The Bertz CT molecular complexity index is 425. The molecule has 0 aliphatic heterocycles. The van der Waals surface area contributed by atoms with Crippen LogP contribution >= 0.6 is 0 Å². The van der Waals surface area contributed by atoms with Gasteiger partial charge in [-0.15, -0.1) is 0 Å². The van der Waals surface area contributed by atoms with Crippen LogP contribution in [-0.4, -0.2) is 25.0 Å². The van der Waals surface area contributed by atoms with Gasteiger partial charge in [-0.25, -0.2) is 4.98 Å². The highest BCUT2D eigenvalue weighted by molar-refractivity contribution is 5.78. The van der Waals surface area contributed by atoms with E-state index in [1.807, 2.05) is 31.1 Å². The Labute approximate surface area is 115 Å². The topological polar surface area (TPSA) is 45.2 Å². The lowest BCUT2D eigenvalue weighted by Gasteiger charge is -2.21. The maximum absolute atomic E-state index is 12.1. The summed E-state index contributed by atoms with van der Waals surface area (Å²) in [5.41, 5.74) is 1.07. The van der Waals surface area contributed by atoms with E-state index in [1.54, 1.807) is 6.20 Å². The van der Waals surface area contributed by atoms with Crippen LogP contribution in [0.2, 0.25) is 0 Å². The first-order valence-electron chi connectivity index (χ1n) is 7.07. The summed E-state index contributed by atoms with van der Waals surface area (Å²) in [7, 11) is 3.93. The van der Waals surface area contributed by atoms with Crippen molar-refractivity contribution in [3.63, 3.8) is 0 Å². The Balaban J connectivity index is 1.93. The van der Waals surface area contributed by atoms with Crippen LogP contribution in [0.5, 0.6) is 0 Å². The maximum atomic E-state index is 12.1. The summed E-state index contributed by atoms with van der Waals surface area (Å²) in [6.45, 7) is 0.566. The molecular weight excluding hydrogens is 238 g/mol. The molecule has 0 radical (unpaired) electrons. The van der Waals surface area contributed by atoms with Gasteiger partial charge in [-0.2, -0.15) is 0 Å². The number of nitrogens with one attached hydrogen (secondary N) is 1. The van der Waals surface area contributed by atoms with Gasteiger partial charge in [0.25, 0.3) is 0 Å². The summed E-state index contributed by atoms with van der Waals surface area (Å²) in [4.78, 5) is 18.4. The minimum atomic E-state index is 0.202. The number of nitrogens with zero attached hydrogens (tertiary/aromatic N) is 2. The van der Waals surface area contributed by atoms with Gasteiger partial charge in [0.05, 0.1) is 0 Å². The van der Waals surface area contributed by atoms with Crippen LogP contribution in [0.3, 0.4) is 0 Å². The molecule has 0 unspecified atom stereocenters. The van der Waals surface area contributed by atoms with Crippen LogP contribution in [0.25, 0.3) is 0 Å². The lowest BCUT2D eigenvalue weighted by Crippen LogP contribution is -2.32. The van der Waals surface area contributed by atoms with Gasteiger partial charge in [-0.1, -0.05) is 25.3 Å². The van der Waals surface area contributed by atoms with E-state index < -0.39 is 0 Å². The monoisotopic (exact) mass is 261 g/mol. The Morgan fingerprint density at radius 3 is 2.79 bits per heavy atom. The van der Waals surface area contributed by atoms with Gasteiger partial charge in [0.15, 0.2) is 0 Å². The van der Waals surface area contributed by atoms with Crippen molar-refractivity contribution in [1.29, 1.82) is 0 Å². The number of carbonyl (C=O) groups excluding carboxylic acids is 1. The molecule has 1 saturated carbocycles. The molecule has 0 atom stereocenters. The van der Waals surface area contributed by atoms with Gasteiger partial charge in [-0.05, 0) is 18.9 Å². The van der Waals surface area contributed by atoms with Crippen LogP contribution in [0.15, 0.2) is 18.3 Å². The van der Waals surface area contributed by atoms with Crippen molar-refractivity contribution in [3.05, 3.63) is 23.9 Å². The molecule has 0 aromatic carbocycles. The second-order valence-corrected chi connectivity index (χ2v) is 5.43. The molecular formula is C15H23N3O. The third-order valence-electron chi connectivity index (χ3n) is 3.72. The van der Waals surface area contributed by atoms with E-state index in [1.165, 1.54) is 19.3 Å². The number of hydrogen-bond donors (Lipinski definition) is 1. The van der Waals surface area contributed by atoms with Gasteiger partial charge >= 0.3 is 0 Å². The van der Waals surface area contributed by atoms with Gasteiger partial charge in [0, 0.05) is 38.3 Å². The second-order valence-electron chi connectivity index (χ2n) is 5.43. The fraction of sp³-hybridized carbons (Fsp3) is 0.600. The smallest absolute Gasteiger partial charge is 0.223 e. The molecule has 4 heteroatoms. The van der Waals surface area contributed by atoms with E-state index in [2.05, 4.69) is 10.3 Å². The molecule has 1 amide bonds. The van der Waals surface area contributed by atoms with Crippen molar-refractivity contribution < 1.29 is 4.79 Å². The van der Waals surface area contributed by atoms with Crippen molar-refractivity contribution >= 4 is 11.7 Å². The fourth-order valence-corrected chi connectivity index (χ4v) is 2.66. The fourth-order valence-electron chi connectivity index (χ4n) is 2.66. The number of aromatic nitrogens is 1. The number of anilines is 1. The number of hydrogen-bond acceptors (Lipinski definition) is 3. The minimum Gasteiger partial charge on any atom is -0.362 e. The molecule has 0 saturated heterocycles. The Morgan fingerprint density at radius 2 is 2.11 bits per heavy atom. The van der Waals surface area contributed by atoms with Crippen molar-refractivity contribution in [3.8, 4) is 0 Å². The summed E-state index contributed by atoms with van der Waals surface area (Å²) in [6, 6.07) is 3.93. The molecule has 104 valence electrons. The minimum absolute atomic E-state index is 0.202. The second kappa shape index (κ2) is 6.55. The molecule has 1 fully saturated rings. The molecule has 0 bridgehead atoms. The highest BCUT2D eigenvalue weighted by Crippen LogP contribution is 2.24. The molecule has 1 N–H and O–H groups in total. The van der Waals surface area contributed by atoms with Gasteiger partial charge in [-0.3, -0.25) is 4.79 Å². The number of pyridine rings is 1. The summed E-state index contributed by atoms with van der Waals surface area (Å²) < 4.78 is 0. The number of carbonyl (C=O) groups is 1. The van der Waals surface area contributed by atoms with Crippen LogP contribution in [0, 0.1) is 5.92 Å². The quantitative estimate of drug-likeness (QED) is 0.905. The van der Waals surface area contributed by atoms with Crippen LogP contribution in [-0.2, 0) is 11.3 Å². The molecule has 4 nitrogen and oxygen atoms in total. The predicted octanol–water partition coefficient (Wildman–Crippen LogP) is 2.34. The van der Waals surface area contributed by atoms with Crippen LogP contribution in [0.1, 0.15) is 37.7 Å². The highest BCUT2D eigenvalue weighted by Gasteiger charge is 2.20. The number of amides is 1. The summed E-state index contributed by atoms with van der Waals surface area (Å²) in [5, 5.41) is 3.06. The first-order chi connectivity index (χ1) is 9.18. The first-order valence-corrected chi connectivity index (χ1v) is 7.07. The Hall–Kier alpha value is -1.58. The normalized spacial score (nSPS) is 16.1. The highest BCUT2D eigenvalue weighted by atomic mass is 16.1. The Morgan fingerprint density at radius 1 is 1.37 bits per heavy atom. The molecule has 2 rings (SSSR count). The largest absolute Gasteiger partial charge is 0.362 e. The van der Waals surface area contributed by atoms with Gasteiger partial charge in [0.1, 0.15) is 5.82 Å². The van der Waals surface area contributed by atoms with E-state index in [-0.39, 0.29) is 11.8 Å². The maximum Gasteiger partial charge on any atom is 0.223 e. The summed E-state index contributed by atoms with van der Waals surface area (Å²) >= 11 is 0. The van der Waals surface area contributed by atoms with Crippen LogP contribution in [0.4, 0.5) is 5.82 Å². The first kappa shape index (κ1) is 13.8. The molecule has 1 aliphatic carbocycles. The average molecular weight is 261 g/mol. The standard InChI is InChI=1S/C15H23N3O/c1-18(2)14-13(9-6-10-16-14)11-17-15(19)12-7-4-3-5-8-12/h6,9-10,12H,3-5,7-8,11H2,1-2H3,(H,17,19). The lowest BCUT2D eigenvalue weighted by atomic mass is 9.88. The van der Waals surface area contributed by atoms with E-state index in [0.29, 0.717) is 6.54 Å². The van der Waals surface area contributed by atoms with Crippen molar-refractivity contribution in [1.82, 2.24) is 10.3 Å². The SMILES string of the molecule is CN(C)c1ncccc1CNC(=O)C1CCCCC1. The summed E-state index contributed by atoms with van der Waals surface area (Å²) in [5.74, 6) is 1.34. The van der Waals surface area contributed by atoms with Crippen molar-refractivity contribution in [2.24, 2.45) is 5.92 Å². The van der Waals surface area contributed by atoms with E-state index in [9.17, 15) is 4.79 Å². The van der Waals surface area contributed by atoms with E-state index in [0.717, 1.165) is 24.2 Å². The number of rotatable bonds is 4. The molecule has 19 heavy (non-hydrogen) atoms. The Kier molecular flexibility index (Phi) is 4.77. The summed E-state index contributed by atoms with van der Waals surface area (Å²) in [6.07, 6.45) is 7.51. The van der Waals surface area contributed by atoms with E-state index in [4.69, 9.17) is 0 Å². The van der Waals surface area contributed by atoms with E-state index >= 15 is 0 Å². The zero-order valence-electron chi connectivity index (χ0n) is 11.9. The average Bonchev–Trinajstić information content (AvgIpc) is 2.46. The molecule has 1 aromatic heterocycles. The zero-order chi connectivity index (χ0) is 13.7.